The van der Waals surface area contributed by atoms with Gasteiger partial charge in [0.1, 0.15) is 5.82 Å². The average Bonchev–Trinajstić information content (AvgIpc) is 3.27. The zero-order valence-electron chi connectivity index (χ0n) is 20.0. The van der Waals surface area contributed by atoms with E-state index in [2.05, 4.69) is 27.3 Å². The van der Waals surface area contributed by atoms with Crippen LogP contribution in [0.25, 0.3) is 5.69 Å². The monoisotopic (exact) mass is 481 g/mol. The number of nitrogens with zero attached hydrogens (tertiary/aromatic N) is 4. The second-order valence-corrected chi connectivity index (χ2v) is 9.80. The Labute approximate surface area is 205 Å². The van der Waals surface area contributed by atoms with Crippen molar-refractivity contribution in [3.8, 4) is 5.69 Å². The quantitative estimate of drug-likeness (QED) is 0.446. The number of carbonyl (C=O) groups is 1. The molecule has 0 radical (unpaired) electrons. The molecule has 1 N–H and O–H groups in total. The third-order valence-electron chi connectivity index (χ3n) is 6.42. The van der Waals surface area contributed by atoms with Crippen LogP contribution in [0.3, 0.4) is 0 Å². The number of hydrogen-bond donors (Lipinski definition) is 1. The Morgan fingerprint density at radius 2 is 1.76 bits per heavy atom. The number of piperidine rings is 1. The van der Waals surface area contributed by atoms with Crippen molar-refractivity contribution in [2.24, 2.45) is 0 Å². The van der Waals surface area contributed by atoms with Gasteiger partial charge in [0, 0.05) is 5.69 Å². The first-order valence-electron chi connectivity index (χ1n) is 11.9. The SMILES string of the molecule is Cc1ccccc1[C@H](C)NC(=O)CSc1nnc([C@@H](C)N2CCCCC2)n1-c1ccc(F)cc1. The second kappa shape index (κ2) is 11.1. The van der Waals surface area contributed by atoms with Crippen molar-refractivity contribution in [1.29, 1.82) is 0 Å². The number of halogens is 1. The summed E-state index contributed by atoms with van der Waals surface area (Å²) in [5, 5.41) is 12.7. The number of thioether (sulfide) groups is 1. The maximum absolute atomic E-state index is 13.6. The van der Waals surface area contributed by atoms with Gasteiger partial charge in [0.25, 0.3) is 0 Å². The normalized spacial score (nSPS) is 16.2. The summed E-state index contributed by atoms with van der Waals surface area (Å²) in [6.07, 6.45) is 3.61. The van der Waals surface area contributed by atoms with Crippen molar-refractivity contribution >= 4 is 17.7 Å². The van der Waals surface area contributed by atoms with E-state index in [0.29, 0.717) is 5.16 Å². The third kappa shape index (κ3) is 5.67. The molecule has 2 heterocycles. The molecule has 0 saturated carbocycles. The van der Waals surface area contributed by atoms with Gasteiger partial charge in [0.15, 0.2) is 11.0 Å². The van der Waals surface area contributed by atoms with Crippen molar-refractivity contribution in [2.75, 3.05) is 18.8 Å². The highest BCUT2D eigenvalue weighted by molar-refractivity contribution is 7.99. The number of carbonyl (C=O) groups excluding carboxylic acids is 1. The fraction of sp³-hybridized carbons (Fsp3) is 0.423. The molecule has 0 spiro atoms. The van der Waals surface area contributed by atoms with E-state index in [0.717, 1.165) is 35.7 Å². The van der Waals surface area contributed by atoms with Crippen LogP contribution in [-0.4, -0.2) is 44.4 Å². The first-order chi connectivity index (χ1) is 16.4. The molecule has 1 saturated heterocycles. The van der Waals surface area contributed by atoms with Crippen LogP contribution in [0.4, 0.5) is 4.39 Å². The lowest BCUT2D eigenvalue weighted by Crippen LogP contribution is -2.33. The Bertz CT molecular complexity index is 1110. The first kappa shape index (κ1) is 24.4. The smallest absolute Gasteiger partial charge is 0.230 e. The minimum atomic E-state index is -0.291. The van der Waals surface area contributed by atoms with Crippen molar-refractivity contribution in [2.45, 2.75) is 57.3 Å². The summed E-state index contributed by atoms with van der Waals surface area (Å²) in [6.45, 7) is 8.23. The van der Waals surface area contributed by atoms with Gasteiger partial charge in [-0.15, -0.1) is 10.2 Å². The number of amides is 1. The van der Waals surface area contributed by atoms with E-state index in [1.54, 1.807) is 12.1 Å². The molecule has 1 fully saturated rings. The Morgan fingerprint density at radius 3 is 2.47 bits per heavy atom. The van der Waals surface area contributed by atoms with Crippen molar-refractivity contribution in [3.05, 3.63) is 71.3 Å². The fourth-order valence-corrected chi connectivity index (χ4v) is 5.28. The van der Waals surface area contributed by atoms with Gasteiger partial charge in [0.2, 0.25) is 5.91 Å². The minimum absolute atomic E-state index is 0.0694. The highest BCUT2D eigenvalue weighted by atomic mass is 32.2. The van der Waals surface area contributed by atoms with E-state index in [-0.39, 0.29) is 29.6 Å². The topological polar surface area (TPSA) is 63.1 Å². The number of aromatic nitrogens is 3. The van der Waals surface area contributed by atoms with Crippen LogP contribution >= 0.6 is 11.8 Å². The number of benzene rings is 2. The van der Waals surface area contributed by atoms with E-state index >= 15 is 0 Å². The first-order valence-corrected chi connectivity index (χ1v) is 12.9. The molecule has 0 bridgehead atoms. The number of nitrogens with one attached hydrogen (secondary N) is 1. The van der Waals surface area contributed by atoms with Crippen LogP contribution in [0.5, 0.6) is 0 Å². The molecule has 0 aliphatic carbocycles. The summed E-state index contributed by atoms with van der Waals surface area (Å²) in [6, 6.07) is 14.4. The molecule has 0 unspecified atom stereocenters. The number of hydrogen-bond acceptors (Lipinski definition) is 5. The molecule has 34 heavy (non-hydrogen) atoms. The van der Waals surface area contributed by atoms with Crippen molar-refractivity contribution < 1.29 is 9.18 Å². The van der Waals surface area contributed by atoms with Gasteiger partial charge in [-0.25, -0.2) is 4.39 Å². The third-order valence-corrected chi connectivity index (χ3v) is 7.35. The Morgan fingerprint density at radius 1 is 1.06 bits per heavy atom. The van der Waals surface area contributed by atoms with E-state index in [9.17, 15) is 9.18 Å². The van der Waals surface area contributed by atoms with Gasteiger partial charge in [-0.05, 0) is 82.1 Å². The van der Waals surface area contributed by atoms with Crippen LogP contribution in [0, 0.1) is 12.7 Å². The molecule has 180 valence electrons. The van der Waals surface area contributed by atoms with E-state index in [4.69, 9.17) is 0 Å². The maximum Gasteiger partial charge on any atom is 0.230 e. The standard InChI is InChI=1S/C26H32FN5OS/c1-18-9-5-6-10-23(18)19(2)28-24(33)17-34-26-30-29-25(20(3)31-15-7-4-8-16-31)32(26)22-13-11-21(27)12-14-22/h5-6,9-14,19-20H,4,7-8,15-17H2,1-3H3,(H,28,33)/t19-,20+/m0/s1. The molecule has 1 aliphatic heterocycles. The van der Waals surface area contributed by atoms with Crippen molar-refractivity contribution in [3.63, 3.8) is 0 Å². The number of rotatable bonds is 8. The predicted octanol–water partition coefficient (Wildman–Crippen LogP) is 5.23. The minimum Gasteiger partial charge on any atom is -0.349 e. The largest absolute Gasteiger partial charge is 0.349 e. The van der Waals surface area contributed by atoms with Gasteiger partial charge in [-0.3, -0.25) is 14.3 Å². The summed E-state index contributed by atoms with van der Waals surface area (Å²) in [5.74, 6) is 0.666. The number of aryl methyl sites for hydroxylation is 1. The lowest BCUT2D eigenvalue weighted by Gasteiger charge is -2.31. The Balaban J connectivity index is 1.51. The highest BCUT2D eigenvalue weighted by Crippen LogP contribution is 2.29. The maximum atomic E-state index is 13.6. The lowest BCUT2D eigenvalue weighted by molar-refractivity contribution is -0.119. The summed E-state index contributed by atoms with van der Waals surface area (Å²) in [7, 11) is 0. The second-order valence-electron chi connectivity index (χ2n) is 8.86. The van der Waals surface area contributed by atoms with Gasteiger partial charge in [-0.1, -0.05) is 42.4 Å². The average molecular weight is 482 g/mol. The summed E-state index contributed by atoms with van der Waals surface area (Å²) in [4.78, 5) is 15.2. The van der Waals surface area contributed by atoms with Gasteiger partial charge in [-0.2, -0.15) is 0 Å². The van der Waals surface area contributed by atoms with E-state index in [1.165, 1.54) is 43.2 Å². The molecule has 2 aromatic carbocycles. The molecule has 1 aromatic heterocycles. The lowest BCUT2D eigenvalue weighted by atomic mass is 10.0. The zero-order chi connectivity index (χ0) is 24.1. The molecule has 1 aliphatic rings. The van der Waals surface area contributed by atoms with Crippen LogP contribution in [0.1, 0.15) is 62.1 Å². The summed E-state index contributed by atoms with van der Waals surface area (Å²) < 4.78 is 15.6. The fourth-order valence-electron chi connectivity index (χ4n) is 4.51. The molecular weight excluding hydrogens is 449 g/mol. The zero-order valence-corrected chi connectivity index (χ0v) is 20.8. The summed E-state index contributed by atoms with van der Waals surface area (Å²) >= 11 is 1.35. The molecule has 3 aromatic rings. The Kier molecular flexibility index (Phi) is 8.00. The molecule has 2 atom stereocenters. The van der Waals surface area contributed by atoms with Crippen molar-refractivity contribution in [1.82, 2.24) is 25.0 Å². The highest BCUT2D eigenvalue weighted by Gasteiger charge is 2.26. The van der Waals surface area contributed by atoms with E-state index in [1.807, 2.05) is 42.7 Å². The molecule has 4 rings (SSSR count). The predicted molar refractivity (Wildman–Crippen MR) is 134 cm³/mol. The van der Waals surface area contributed by atoms with Crippen LogP contribution in [0.2, 0.25) is 0 Å². The Hall–Kier alpha value is -2.71. The molecule has 8 heteroatoms. The van der Waals surface area contributed by atoms with Gasteiger partial charge in [0.05, 0.1) is 17.8 Å². The molecule has 6 nitrogen and oxygen atoms in total. The number of likely N-dealkylation sites (tertiary alicyclic amines) is 1. The van der Waals surface area contributed by atoms with Gasteiger partial charge >= 0.3 is 0 Å². The van der Waals surface area contributed by atoms with Gasteiger partial charge < -0.3 is 5.32 Å². The van der Waals surface area contributed by atoms with Crippen LogP contribution < -0.4 is 5.32 Å². The molecule has 1 amide bonds. The van der Waals surface area contributed by atoms with Crippen LogP contribution in [0.15, 0.2) is 53.7 Å². The van der Waals surface area contributed by atoms with Crippen LogP contribution in [-0.2, 0) is 4.79 Å². The summed E-state index contributed by atoms with van der Waals surface area (Å²) in [5.41, 5.74) is 3.05. The molecular formula is C26H32FN5OS. The van der Waals surface area contributed by atoms with E-state index < -0.39 is 0 Å².